The largest absolute Gasteiger partial charge is 0.388 e. The number of amides is 1. The Balaban J connectivity index is 1.87. The molecule has 1 fully saturated rings. The fourth-order valence-electron chi connectivity index (χ4n) is 2.88. The van der Waals surface area contributed by atoms with Gasteiger partial charge in [0, 0.05) is 25.8 Å². The first-order valence-corrected chi connectivity index (χ1v) is 7.25. The van der Waals surface area contributed by atoms with E-state index in [2.05, 4.69) is 17.2 Å². The van der Waals surface area contributed by atoms with Gasteiger partial charge in [-0.15, -0.1) is 0 Å². The summed E-state index contributed by atoms with van der Waals surface area (Å²) in [4.78, 5) is 16.0. The number of carbonyl (C=O) groups excluding carboxylic acids is 1. The molecule has 1 aromatic heterocycles. The van der Waals surface area contributed by atoms with Gasteiger partial charge in [-0.1, -0.05) is 19.8 Å². The third-order valence-corrected chi connectivity index (χ3v) is 3.90. The lowest BCUT2D eigenvalue weighted by Crippen LogP contribution is -2.45. The van der Waals surface area contributed by atoms with Gasteiger partial charge < -0.3 is 20.7 Å². The highest BCUT2D eigenvalue weighted by molar-refractivity contribution is 5.92. The maximum absolute atomic E-state index is 12.0. The minimum atomic E-state index is -0.771. The molecular formula is C14H24N4O2. The maximum atomic E-state index is 12.0. The summed E-state index contributed by atoms with van der Waals surface area (Å²) >= 11 is 0. The van der Waals surface area contributed by atoms with Crippen molar-refractivity contribution in [2.45, 2.75) is 44.8 Å². The first-order chi connectivity index (χ1) is 9.52. The lowest BCUT2D eigenvalue weighted by Gasteiger charge is -2.35. The zero-order valence-electron chi connectivity index (χ0n) is 12.0. The van der Waals surface area contributed by atoms with Gasteiger partial charge in [-0.05, 0) is 18.8 Å². The van der Waals surface area contributed by atoms with Crippen molar-refractivity contribution >= 4 is 5.91 Å². The molecule has 20 heavy (non-hydrogen) atoms. The first kappa shape index (κ1) is 15.0. The molecule has 4 N–H and O–H groups in total. The van der Waals surface area contributed by atoms with Gasteiger partial charge in [-0.25, -0.2) is 4.98 Å². The van der Waals surface area contributed by atoms with E-state index in [1.54, 1.807) is 17.1 Å². The molecule has 6 nitrogen and oxygen atoms in total. The van der Waals surface area contributed by atoms with Crippen molar-refractivity contribution in [1.82, 2.24) is 14.9 Å². The molecule has 0 aliphatic heterocycles. The molecular weight excluding hydrogens is 256 g/mol. The predicted molar refractivity (Wildman–Crippen MR) is 76.2 cm³/mol. The number of rotatable bonds is 5. The van der Waals surface area contributed by atoms with Crippen LogP contribution in [0.15, 0.2) is 12.5 Å². The molecule has 0 saturated heterocycles. The van der Waals surface area contributed by atoms with Gasteiger partial charge in [-0.2, -0.15) is 0 Å². The van der Waals surface area contributed by atoms with E-state index in [0.29, 0.717) is 31.2 Å². The second kappa shape index (κ2) is 6.37. The van der Waals surface area contributed by atoms with Crippen LogP contribution in [0.1, 0.15) is 43.1 Å². The van der Waals surface area contributed by atoms with Crippen LogP contribution in [0.4, 0.5) is 0 Å². The summed E-state index contributed by atoms with van der Waals surface area (Å²) in [5, 5.41) is 13.3. The lowest BCUT2D eigenvalue weighted by atomic mass is 9.79. The van der Waals surface area contributed by atoms with Crippen LogP contribution in [-0.2, 0) is 6.54 Å². The van der Waals surface area contributed by atoms with Crippen LogP contribution in [0.3, 0.4) is 0 Å². The smallest absolute Gasteiger partial charge is 0.271 e. The van der Waals surface area contributed by atoms with E-state index in [1.165, 1.54) is 0 Å². The van der Waals surface area contributed by atoms with Crippen molar-refractivity contribution < 1.29 is 9.90 Å². The molecule has 1 saturated carbocycles. The summed E-state index contributed by atoms with van der Waals surface area (Å²) < 4.78 is 1.78. The summed E-state index contributed by atoms with van der Waals surface area (Å²) in [7, 11) is 0. The van der Waals surface area contributed by atoms with Gasteiger partial charge in [0.1, 0.15) is 5.69 Å². The molecule has 0 spiro atoms. The fraction of sp³-hybridized carbons (Fsp3) is 0.714. The van der Waals surface area contributed by atoms with Crippen LogP contribution in [0.2, 0.25) is 0 Å². The average molecular weight is 280 g/mol. The van der Waals surface area contributed by atoms with Crippen molar-refractivity contribution in [3.63, 3.8) is 0 Å². The van der Waals surface area contributed by atoms with E-state index in [-0.39, 0.29) is 5.91 Å². The number of imidazole rings is 1. The summed E-state index contributed by atoms with van der Waals surface area (Å²) in [5.41, 5.74) is 5.05. The number of nitrogens with one attached hydrogen (secondary N) is 1. The predicted octanol–water partition coefficient (Wildman–Crippen LogP) is 0.513. The van der Waals surface area contributed by atoms with Crippen LogP contribution in [0, 0.1) is 5.92 Å². The van der Waals surface area contributed by atoms with Gasteiger partial charge in [0.05, 0.1) is 11.9 Å². The number of nitrogens with two attached hydrogens (primary N) is 1. The molecule has 2 atom stereocenters. The molecule has 0 aromatic carbocycles. The number of aliphatic hydroxyl groups is 1. The van der Waals surface area contributed by atoms with Crippen LogP contribution in [0.25, 0.3) is 0 Å². The Morgan fingerprint density at radius 2 is 2.50 bits per heavy atom. The van der Waals surface area contributed by atoms with E-state index < -0.39 is 5.60 Å². The fourth-order valence-corrected chi connectivity index (χ4v) is 2.88. The standard InChI is InChI=1S/C14H24N4O2/c1-11-3-2-4-14(20,7-11)9-16-13(19)12-8-18(6-5-15)10-17-12/h8,10-11,20H,2-7,9,15H2,1H3,(H,16,19). The van der Waals surface area contributed by atoms with E-state index in [4.69, 9.17) is 5.73 Å². The minimum absolute atomic E-state index is 0.243. The first-order valence-electron chi connectivity index (χ1n) is 7.25. The maximum Gasteiger partial charge on any atom is 0.271 e. The number of carbonyl (C=O) groups is 1. The second-order valence-corrected chi connectivity index (χ2v) is 5.89. The van der Waals surface area contributed by atoms with E-state index in [9.17, 15) is 9.90 Å². The lowest BCUT2D eigenvalue weighted by molar-refractivity contribution is -0.0109. The highest BCUT2D eigenvalue weighted by Gasteiger charge is 2.33. The van der Waals surface area contributed by atoms with Crippen LogP contribution in [0.5, 0.6) is 0 Å². The average Bonchev–Trinajstić information content (AvgIpc) is 2.85. The van der Waals surface area contributed by atoms with Gasteiger partial charge >= 0.3 is 0 Å². The third-order valence-electron chi connectivity index (χ3n) is 3.90. The molecule has 1 amide bonds. The summed E-state index contributed by atoms with van der Waals surface area (Å²) in [5.74, 6) is 0.266. The van der Waals surface area contributed by atoms with Crippen molar-refractivity contribution in [3.8, 4) is 0 Å². The van der Waals surface area contributed by atoms with Crippen molar-refractivity contribution in [2.75, 3.05) is 13.1 Å². The quantitative estimate of drug-likeness (QED) is 0.732. The number of hydrogen-bond donors (Lipinski definition) is 3. The molecule has 2 unspecified atom stereocenters. The van der Waals surface area contributed by atoms with Crippen LogP contribution < -0.4 is 11.1 Å². The van der Waals surface area contributed by atoms with Gasteiger partial charge in [0.25, 0.3) is 5.91 Å². The van der Waals surface area contributed by atoms with Crippen molar-refractivity contribution in [3.05, 3.63) is 18.2 Å². The van der Waals surface area contributed by atoms with Crippen molar-refractivity contribution in [2.24, 2.45) is 11.7 Å². The van der Waals surface area contributed by atoms with Crippen LogP contribution >= 0.6 is 0 Å². The topological polar surface area (TPSA) is 93.2 Å². The zero-order valence-corrected chi connectivity index (χ0v) is 12.0. The van der Waals surface area contributed by atoms with Gasteiger partial charge in [-0.3, -0.25) is 4.79 Å². The highest BCUT2D eigenvalue weighted by atomic mass is 16.3. The van der Waals surface area contributed by atoms with E-state index in [0.717, 1.165) is 25.7 Å². The molecule has 1 aliphatic carbocycles. The Hall–Kier alpha value is -1.40. The van der Waals surface area contributed by atoms with Crippen molar-refractivity contribution in [1.29, 1.82) is 0 Å². The Bertz CT molecular complexity index is 460. The highest BCUT2D eigenvalue weighted by Crippen LogP contribution is 2.31. The minimum Gasteiger partial charge on any atom is -0.388 e. The summed E-state index contributed by atoms with van der Waals surface area (Å²) in [6.07, 6.45) is 6.93. The van der Waals surface area contributed by atoms with Gasteiger partial charge in [0.15, 0.2) is 0 Å². The Morgan fingerprint density at radius 1 is 1.70 bits per heavy atom. The SMILES string of the molecule is CC1CCCC(O)(CNC(=O)c2cn(CCN)cn2)C1. The van der Waals surface area contributed by atoms with E-state index in [1.807, 2.05) is 0 Å². The Morgan fingerprint density at radius 3 is 3.20 bits per heavy atom. The van der Waals surface area contributed by atoms with Crippen LogP contribution in [-0.4, -0.2) is 39.3 Å². The normalized spacial score (nSPS) is 26.4. The number of nitrogens with zero attached hydrogens (tertiary/aromatic N) is 2. The second-order valence-electron chi connectivity index (χ2n) is 5.89. The summed E-state index contributed by atoms with van der Waals surface area (Å²) in [6, 6.07) is 0. The number of hydrogen-bond acceptors (Lipinski definition) is 4. The van der Waals surface area contributed by atoms with Gasteiger partial charge in [0.2, 0.25) is 0 Å². The molecule has 2 rings (SSSR count). The monoisotopic (exact) mass is 280 g/mol. The number of aromatic nitrogens is 2. The molecule has 1 heterocycles. The molecule has 1 aliphatic rings. The Kier molecular flexibility index (Phi) is 4.77. The third kappa shape index (κ3) is 3.80. The Labute approximate surface area is 119 Å². The zero-order chi connectivity index (χ0) is 14.6. The molecule has 0 radical (unpaired) electrons. The molecule has 1 aromatic rings. The molecule has 112 valence electrons. The molecule has 0 bridgehead atoms. The summed E-state index contributed by atoms with van der Waals surface area (Å²) in [6.45, 7) is 3.58. The van der Waals surface area contributed by atoms with E-state index >= 15 is 0 Å². The molecule has 6 heteroatoms.